The molecule has 0 amide bonds. The van der Waals surface area contributed by atoms with Crippen molar-refractivity contribution in [3.8, 4) is 89.7 Å². The summed E-state index contributed by atoms with van der Waals surface area (Å²) in [6.07, 6.45) is 4.50. The molecule has 78 heavy (non-hydrogen) atoms. The maximum atomic E-state index is 12.8. The minimum absolute atomic E-state index is 0.113. The van der Waals surface area contributed by atoms with Crippen molar-refractivity contribution in [1.82, 2.24) is 14.5 Å². The summed E-state index contributed by atoms with van der Waals surface area (Å²) in [4.78, 5) is 10.8. The fraction of sp³-hybridized carbons (Fsp3) is 0.189. The summed E-state index contributed by atoms with van der Waals surface area (Å²) < 4.78 is 21.1. The Kier molecular flexibility index (Phi) is 12.7. The summed E-state index contributed by atoms with van der Waals surface area (Å²) in [5, 5.41) is 12.8. The minimum Gasteiger partial charge on any atom is -0.507 e. The Morgan fingerprint density at radius 1 is 0.423 bits per heavy atom. The van der Waals surface area contributed by atoms with Crippen molar-refractivity contribution in [2.75, 3.05) is 0 Å². The Bertz CT molecular complexity index is 4040. The van der Waals surface area contributed by atoms with Crippen LogP contribution in [0.2, 0.25) is 0 Å². The van der Waals surface area contributed by atoms with Crippen molar-refractivity contribution in [3.63, 3.8) is 0 Å². The van der Waals surface area contributed by atoms with Crippen LogP contribution in [0.4, 0.5) is 0 Å². The van der Waals surface area contributed by atoms with Crippen LogP contribution in [0.25, 0.3) is 95.0 Å². The number of pyridine rings is 1. The van der Waals surface area contributed by atoms with E-state index in [0.29, 0.717) is 37.1 Å². The number of imidazole rings is 1. The molecule has 0 bridgehead atoms. The van der Waals surface area contributed by atoms with E-state index in [1.54, 1.807) is 0 Å². The van der Waals surface area contributed by atoms with Crippen LogP contribution in [0.5, 0.6) is 5.75 Å². The molecular formula is C74H67N3O. The van der Waals surface area contributed by atoms with Gasteiger partial charge in [-0.05, 0) is 164 Å². The maximum Gasteiger partial charge on any atom is 0.149 e. The van der Waals surface area contributed by atoms with Crippen molar-refractivity contribution >= 4 is 11.0 Å². The van der Waals surface area contributed by atoms with Crippen LogP contribution in [0.3, 0.4) is 0 Å². The third-order valence-corrected chi connectivity index (χ3v) is 15.8. The fourth-order valence-corrected chi connectivity index (χ4v) is 11.4. The van der Waals surface area contributed by atoms with Gasteiger partial charge in [0.05, 0.1) is 28.0 Å². The molecule has 1 fully saturated rings. The zero-order valence-electron chi connectivity index (χ0n) is 47.6. The van der Waals surface area contributed by atoms with Gasteiger partial charge in [-0.1, -0.05) is 211 Å². The number of rotatable bonds is 10. The molecule has 384 valence electrons. The second-order valence-corrected chi connectivity index (χ2v) is 23.1. The first-order valence-corrected chi connectivity index (χ1v) is 27.5. The quantitative estimate of drug-likeness (QED) is 0.149. The first-order chi connectivity index (χ1) is 38.5. The topological polar surface area (TPSA) is 50.9 Å². The number of fused-ring (bicyclic) bond motifs is 1. The Labute approximate surface area is 463 Å². The van der Waals surface area contributed by atoms with Crippen molar-refractivity contribution in [2.45, 2.75) is 89.8 Å². The maximum absolute atomic E-state index is 12.8. The molecule has 4 heteroatoms. The average Bonchev–Trinajstić information content (AvgIpc) is 3.95. The summed E-state index contributed by atoms with van der Waals surface area (Å²) in [5.41, 5.74) is 19.2. The van der Waals surface area contributed by atoms with Gasteiger partial charge in [-0.25, -0.2) is 4.98 Å². The van der Waals surface area contributed by atoms with Gasteiger partial charge in [-0.15, -0.1) is 0 Å². The molecule has 2 aromatic heterocycles. The van der Waals surface area contributed by atoms with Crippen LogP contribution < -0.4 is 0 Å². The van der Waals surface area contributed by atoms with E-state index in [1.165, 1.54) is 11.1 Å². The second kappa shape index (κ2) is 20.7. The molecule has 4 nitrogen and oxygen atoms in total. The van der Waals surface area contributed by atoms with Crippen LogP contribution in [-0.2, 0) is 10.8 Å². The van der Waals surface area contributed by atoms with Gasteiger partial charge >= 0.3 is 0 Å². The van der Waals surface area contributed by atoms with E-state index in [0.717, 1.165) is 94.7 Å². The van der Waals surface area contributed by atoms with Crippen LogP contribution in [0.15, 0.2) is 231 Å². The molecular weight excluding hydrogens is 947 g/mol. The van der Waals surface area contributed by atoms with Gasteiger partial charge < -0.3 is 5.11 Å². The monoisotopic (exact) mass is 1020 g/mol. The molecule has 11 aromatic rings. The zero-order valence-corrected chi connectivity index (χ0v) is 45.6. The molecule has 9 aromatic carbocycles. The molecule has 2 heterocycles. The third-order valence-electron chi connectivity index (χ3n) is 15.8. The molecule has 1 aliphatic carbocycles. The molecule has 1 saturated carbocycles. The molecule has 1 N–H and O–H groups in total. The van der Waals surface area contributed by atoms with E-state index in [2.05, 4.69) is 228 Å². The number of phenols is 1. The van der Waals surface area contributed by atoms with Gasteiger partial charge in [0, 0.05) is 31.2 Å². The molecule has 0 spiro atoms. The number of aromatic nitrogens is 3. The number of hydrogen-bond donors (Lipinski definition) is 1. The highest BCUT2D eigenvalue weighted by Gasteiger charge is 2.28. The fourth-order valence-electron chi connectivity index (χ4n) is 11.4. The van der Waals surface area contributed by atoms with Crippen molar-refractivity contribution in [2.24, 2.45) is 0 Å². The normalized spacial score (nSPS) is 17.2. The SMILES string of the molecule is [2H]C1(c2ccccc2)CCC([2H])(c2ccc(-c3ccnc(-c4cc(-c5cccc6c5nc(-c5cc(-c7ccccc7)cc(-c7ccccc7)c5O)n6-c5ccc(C(C)(C)C)cc5-c5ccccc5)cc(C(C)(C)C)c4)c3)cc2)CC1. The number of aromatic hydroxyl groups is 1. The number of hydrogen-bond acceptors (Lipinski definition) is 3. The lowest BCUT2D eigenvalue weighted by atomic mass is 9.76. The molecule has 0 unspecified atom stereocenters. The van der Waals surface area contributed by atoms with Crippen LogP contribution >= 0.6 is 0 Å². The molecule has 0 saturated heterocycles. The van der Waals surface area contributed by atoms with Crippen molar-refractivity contribution in [3.05, 3.63) is 253 Å². The highest BCUT2D eigenvalue weighted by atomic mass is 16.3. The van der Waals surface area contributed by atoms with Crippen LogP contribution in [0.1, 0.15) is 104 Å². The lowest BCUT2D eigenvalue weighted by Crippen LogP contribution is -2.12. The number of benzene rings is 9. The van der Waals surface area contributed by atoms with Gasteiger partial charge in [0.25, 0.3) is 0 Å². The summed E-state index contributed by atoms with van der Waals surface area (Å²) in [5.74, 6) is -0.599. The molecule has 0 atom stereocenters. The lowest BCUT2D eigenvalue weighted by Gasteiger charge is -2.29. The van der Waals surface area contributed by atoms with Gasteiger partial charge in [0.1, 0.15) is 11.6 Å². The van der Waals surface area contributed by atoms with Gasteiger partial charge in [0.2, 0.25) is 0 Å². The highest BCUT2D eigenvalue weighted by molar-refractivity contribution is 5.99. The number of para-hydroxylation sites is 1. The largest absolute Gasteiger partial charge is 0.507 e. The summed E-state index contributed by atoms with van der Waals surface area (Å²) in [6, 6.07) is 78.3. The van der Waals surface area contributed by atoms with E-state index in [9.17, 15) is 7.85 Å². The van der Waals surface area contributed by atoms with E-state index in [4.69, 9.17) is 9.97 Å². The third kappa shape index (κ3) is 10.00. The molecule has 0 aliphatic heterocycles. The first kappa shape index (κ1) is 47.8. The van der Waals surface area contributed by atoms with Crippen LogP contribution in [-0.4, -0.2) is 19.6 Å². The van der Waals surface area contributed by atoms with Gasteiger partial charge in [-0.3, -0.25) is 9.55 Å². The first-order valence-electron chi connectivity index (χ1n) is 28.5. The Balaban J connectivity index is 1.01. The van der Waals surface area contributed by atoms with E-state index < -0.39 is 11.8 Å². The zero-order chi connectivity index (χ0) is 55.4. The van der Waals surface area contributed by atoms with Crippen molar-refractivity contribution < 1.29 is 7.85 Å². The number of nitrogens with zero attached hydrogens (tertiary/aromatic N) is 3. The highest BCUT2D eigenvalue weighted by Crippen LogP contribution is 2.47. The Morgan fingerprint density at radius 3 is 1.60 bits per heavy atom. The smallest absolute Gasteiger partial charge is 0.149 e. The molecule has 12 rings (SSSR count). The summed E-state index contributed by atoms with van der Waals surface area (Å²) >= 11 is 0. The minimum atomic E-state index is -0.733. The Hall–Kier alpha value is -8.60. The van der Waals surface area contributed by atoms with Gasteiger partial charge in [0.15, 0.2) is 0 Å². The Morgan fingerprint density at radius 2 is 0.974 bits per heavy atom. The summed E-state index contributed by atoms with van der Waals surface area (Å²) in [6.45, 7) is 13.5. The standard InChI is InChI=1S/C74H67N3O/c1-73(2,3)61-38-39-68(64(48-61)55-24-15-9-16-25-55)77-69-29-19-28-63(70(69)76-72(77)66-46-58(50-22-13-8-14-23-50)45-65(71(66)78)56-26-17-10-18-27-56)59-42-60(44-62(43-59)74(4,5)6)67-47-57(40-41-75-67)54-36-34-53(35-37-54)52-32-30-51(31-33-52)49-20-11-7-12-21-49/h7-29,34-48,51-52,78H,30-33H2,1-6H3/i51D,52D. The van der Waals surface area contributed by atoms with E-state index in [-0.39, 0.29) is 16.6 Å². The van der Waals surface area contributed by atoms with E-state index >= 15 is 0 Å². The lowest BCUT2D eigenvalue weighted by molar-refractivity contribution is 0.396. The van der Waals surface area contributed by atoms with Crippen LogP contribution in [0, 0.1) is 0 Å². The average molecular weight is 1020 g/mol. The van der Waals surface area contributed by atoms with E-state index in [1.807, 2.05) is 48.7 Å². The molecule has 1 aliphatic rings. The second-order valence-electron chi connectivity index (χ2n) is 23.1. The van der Waals surface area contributed by atoms with Gasteiger partial charge in [-0.2, -0.15) is 0 Å². The number of phenolic OH excluding ortho intramolecular Hbond substituents is 1. The predicted octanol–water partition coefficient (Wildman–Crippen LogP) is 19.8. The summed E-state index contributed by atoms with van der Waals surface area (Å²) in [7, 11) is 0. The van der Waals surface area contributed by atoms with Crippen molar-refractivity contribution in [1.29, 1.82) is 0 Å². The predicted molar refractivity (Wildman–Crippen MR) is 326 cm³/mol. The molecule has 0 radical (unpaired) electrons.